The number of nitrogens with one attached hydrogen (secondary N) is 1. The lowest BCUT2D eigenvalue weighted by Gasteiger charge is -2.28. The number of amides is 1. The lowest BCUT2D eigenvalue weighted by atomic mass is 10.1. The molecule has 29 heavy (non-hydrogen) atoms. The molecular formula is C20H28N2O5S2. The van der Waals surface area contributed by atoms with E-state index in [1.54, 1.807) is 6.07 Å². The van der Waals surface area contributed by atoms with Gasteiger partial charge in [-0.05, 0) is 45.0 Å². The smallest absolute Gasteiger partial charge is 0.220 e. The number of nitrogens with zero attached hydrogens (tertiary/aromatic N) is 1. The number of hydrogen-bond donors (Lipinski definition) is 1. The number of sulfone groups is 1. The second-order valence-electron chi connectivity index (χ2n) is 7.93. The van der Waals surface area contributed by atoms with Crippen molar-refractivity contribution in [2.45, 2.75) is 57.5 Å². The largest absolute Gasteiger partial charge is 0.351 e. The molecule has 1 aromatic heterocycles. The Morgan fingerprint density at radius 1 is 1.07 bits per heavy atom. The van der Waals surface area contributed by atoms with Crippen molar-refractivity contribution in [1.82, 2.24) is 10.2 Å². The van der Waals surface area contributed by atoms with Crippen LogP contribution in [-0.2, 0) is 19.4 Å². The molecular weight excluding hydrogens is 412 g/mol. The van der Waals surface area contributed by atoms with Gasteiger partial charge in [0.2, 0.25) is 5.91 Å². The van der Waals surface area contributed by atoms with Gasteiger partial charge in [-0.15, -0.1) is 11.3 Å². The first-order valence-electron chi connectivity index (χ1n) is 10.1. The molecule has 3 heterocycles. The molecule has 7 nitrogen and oxygen atoms in total. The Labute approximate surface area is 175 Å². The number of aryl methyl sites for hydroxylation is 1. The maximum atomic E-state index is 12.3. The van der Waals surface area contributed by atoms with Crippen molar-refractivity contribution in [3.8, 4) is 0 Å². The molecule has 2 fully saturated rings. The van der Waals surface area contributed by atoms with E-state index in [-0.39, 0.29) is 60.7 Å². The molecule has 1 aromatic rings. The fraction of sp³-hybridized carbons (Fsp3) is 0.650. The van der Waals surface area contributed by atoms with Crippen molar-refractivity contribution >= 4 is 38.6 Å². The normalized spacial score (nSPS) is 23.9. The highest BCUT2D eigenvalue weighted by molar-refractivity contribution is 7.91. The summed E-state index contributed by atoms with van der Waals surface area (Å²) in [7, 11) is -3.16. The monoisotopic (exact) mass is 440 g/mol. The van der Waals surface area contributed by atoms with Crippen molar-refractivity contribution < 1.29 is 22.8 Å². The molecule has 0 saturated carbocycles. The van der Waals surface area contributed by atoms with Gasteiger partial charge in [-0.2, -0.15) is 0 Å². The van der Waals surface area contributed by atoms with Gasteiger partial charge in [0.15, 0.2) is 15.6 Å². The number of ketones is 2. The van der Waals surface area contributed by atoms with E-state index >= 15 is 0 Å². The molecule has 1 N–H and O–H groups in total. The topological polar surface area (TPSA) is 101 Å². The minimum atomic E-state index is -3.16. The van der Waals surface area contributed by atoms with Crippen LogP contribution in [0.5, 0.6) is 0 Å². The van der Waals surface area contributed by atoms with E-state index in [4.69, 9.17) is 0 Å². The van der Waals surface area contributed by atoms with Gasteiger partial charge in [-0.3, -0.25) is 19.3 Å². The summed E-state index contributed by atoms with van der Waals surface area (Å²) >= 11 is 1.42. The molecule has 0 aromatic carbocycles. The van der Waals surface area contributed by atoms with Gasteiger partial charge >= 0.3 is 0 Å². The summed E-state index contributed by atoms with van der Waals surface area (Å²) in [4.78, 5) is 40.3. The number of carbonyl (C=O) groups is 3. The van der Waals surface area contributed by atoms with Gasteiger partial charge < -0.3 is 5.32 Å². The average molecular weight is 441 g/mol. The summed E-state index contributed by atoms with van der Waals surface area (Å²) in [6, 6.07) is 3.06. The van der Waals surface area contributed by atoms with Crippen molar-refractivity contribution in [2.75, 3.05) is 24.6 Å². The first-order valence-corrected chi connectivity index (χ1v) is 12.7. The summed E-state index contributed by atoms with van der Waals surface area (Å²) in [5.41, 5.74) is 0. The van der Waals surface area contributed by atoms with Crippen LogP contribution in [0.15, 0.2) is 12.1 Å². The third kappa shape index (κ3) is 6.20. The predicted molar refractivity (Wildman–Crippen MR) is 112 cm³/mol. The fourth-order valence-corrected chi connectivity index (χ4v) is 6.80. The Hall–Kier alpha value is -1.58. The first-order chi connectivity index (χ1) is 13.7. The Kier molecular flexibility index (Phi) is 7.23. The fourth-order valence-electron chi connectivity index (χ4n) is 4.02. The number of thiophene rings is 1. The molecule has 3 rings (SSSR count). The summed E-state index contributed by atoms with van der Waals surface area (Å²) in [6.07, 6.45) is 2.46. The summed E-state index contributed by atoms with van der Waals surface area (Å²) in [6.45, 7) is 3.65. The minimum absolute atomic E-state index is 0.0222. The number of carbonyl (C=O) groups excluding carboxylic acids is 3. The standard InChI is InChI=1S/C20H28N2O5S2/c1-14-4-8-19(28-14)18(24)7-5-15(23)6-9-20(25)21-16-12-29(26,27)13-17(16)22-10-2-3-11-22/h4,8,16-17H,2-3,5-7,9-13H2,1H3,(H,21,25). The van der Waals surface area contributed by atoms with Crippen LogP contribution in [0, 0.1) is 6.92 Å². The molecule has 0 aliphatic carbocycles. The molecule has 1 amide bonds. The molecule has 2 saturated heterocycles. The summed E-state index contributed by atoms with van der Waals surface area (Å²) in [5, 5.41) is 2.83. The van der Waals surface area contributed by atoms with Crippen LogP contribution < -0.4 is 5.32 Å². The van der Waals surface area contributed by atoms with Gasteiger partial charge in [-0.1, -0.05) is 0 Å². The Balaban J connectivity index is 1.42. The van der Waals surface area contributed by atoms with Crippen LogP contribution in [0.1, 0.15) is 53.1 Å². The van der Waals surface area contributed by atoms with Crippen LogP contribution >= 0.6 is 11.3 Å². The van der Waals surface area contributed by atoms with E-state index in [0.717, 1.165) is 30.8 Å². The first kappa shape index (κ1) is 22.1. The maximum Gasteiger partial charge on any atom is 0.220 e. The van der Waals surface area contributed by atoms with Crippen molar-refractivity contribution in [3.05, 3.63) is 21.9 Å². The quantitative estimate of drug-likeness (QED) is 0.587. The molecule has 0 bridgehead atoms. The van der Waals surface area contributed by atoms with Crippen LogP contribution in [0.2, 0.25) is 0 Å². The highest BCUT2D eigenvalue weighted by Gasteiger charge is 2.42. The summed E-state index contributed by atoms with van der Waals surface area (Å²) < 4.78 is 24.1. The van der Waals surface area contributed by atoms with Crippen LogP contribution in [0.4, 0.5) is 0 Å². The highest BCUT2D eigenvalue weighted by atomic mass is 32.2. The number of rotatable bonds is 9. The SMILES string of the molecule is Cc1ccc(C(=O)CCC(=O)CCC(=O)NC2CS(=O)(=O)CC2N2CCCC2)s1. The second kappa shape index (κ2) is 9.49. The molecule has 9 heteroatoms. The van der Waals surface area contributed by atoms with Crippen LogP contribution in [0.3, 0.4) is 0 Å². The zero-order valence-electron chi connectivity index (χ0n) is 16.7. The van der Waals surface area contributed by atoms with Gasteiger partial charge in [0.05, 0.1) is 22.4 Å². The van der Waals surface area contributed by atoms with Gasteiger partial charge in [0, 0.05) is 36.6 Å². The van der Waals surface area contributed by atoms with E-state index in [1.807, 2.05) is 13.0 Å². The molecule has 2 aliphatic rings. The minimum Gasteiger partial charge on any atom is -0.351 e. The van der Waals surface area contributed by atoms with E-state index in [9.17, 15) is 22.8 Å². The van der Waals surface area contributed by atoms with Crippen molar-refractivity contribution in [3.63, 3.8) is 0 Å². The molecule has 2 atom stereocenters. The zero-order chi connectivity index (χ0) is 21.0. The predicted octanol–water partition coefficient (Wildman–Crippen LogP) is 1.75. The zero-order valence-corrected chi connectivity index (χ0v) is 18.3. The average Bonchev–Trinajstić information content (AvgIpc) is 3.38. The highest BCUT2D eigenvalue weighted by Crippen LogP contribution is 2.23. The molecule has 2 aliphatic heterocycles. The van der Waals surface area contributed by atoms with Gasteiger partial charge in [-0.25, -0.2) is 8.42 Å². The molecule has 2 unspecified atom stereocenters. The van der Waals surface area contributed by atoms with E-state index in [2.05, 4.69) is 10.2 Å². The molecule has 0 spiro atoms. The number of likely N-dealkylation sites (tertiary alicyclic amines) is 1. The third-order valence-corrected chi connectivity index (χ3v) is 8.31. The number of hydrogen-bond acceptors (Lipinski definition) is 7. The number of Topliss-reactive ketones (excluding diaryl/α,β-unsaturated/α-hetero) is 2. The van der Waals surface area contributed by atoms with E-state index < -0.39 is 15.9 Å². The maximum absolute atomic E-state index is 12.3. The van der Waals surface area contributed by atoms with E-state index in [0.29, 0.717) is 4.88 Å². The molecule has 160 valence electrons. The van der Waals surface area contributed by atoms with Gasteiger partial charge in [0.25, 0.3) is 0 Å². The summed E-state index contributed by atoms with van der Waals surface area (Å²) in [5.74, 6) is -0.434. The lowest BCUT2D eigenvalue weighted by molar-refractivity contribution is -0.126. The Bertz CT molecular complexity index is 871. The van der Waals surface area contributed by atoms with E-state index in [1.165, 1.54) is 11.3 Å². The van der Waals surface area contributed by atoms with Crippen molar-refractivity contribution in [2.24, 2.45) is 0 Å². The Morgan fingerprint density at radius 3 is 2.41 bits per heavy atom. The van der Waals surface area contributed by atoms with Crippen molar-refractivity contribution in [1.29, 1.82) is 0 Å². The third-order valence-electron chi connectivity index (χ3n) is 5.56. The second-order valence-corrected chi connectivity index (χ2v) is 11.4. The lowest BCUT2D eigenvalue weighted by Crippen LogP contribution is -2.50. The Morgan fingerprint density at radius 2 is 1.76 bits per heavy atom. The molecule has 0 radical (unpaired) electrons. The van der Waals surface area contributed by atoms with Crippen LogP contribution in [0.25, 0.3) is 0 Å². The van der Waals surface area contributed by atoms with Crippen LogP contribution in [-0.4, -0.2) is 67.5 Å². The van der Waals surface area contributed by atoms with Gasteiger partial charge in [0.1, 0.15) is 5.78 Å².